The highest BCUT2D eigenvalue weighted by molar-refractivity contribution is 14.1. The van der Waals surface area contributed by atoms with Gasteiger partial charge in [0.25, 0.3) is 0 Å². The van der Waals surface area contributed by atoms with Crippen LogP contribution in [0.4, 0.5) is 5.69 Å². The van der Waals surface area contributed by atoms with Gasteiger partial charge in [0.05, 0.1) is 11.9 Å². The summed E-state index contributed by atoms with van der Waals surface area (Å²) in [6, 6.07) is 15.9. The molecule has 0 bridgehead atoms. The predicted octanol–water partition coefficient (Wildman–Crippen LogP) is 4.50. The SMILES string of the molecule is Brc1cccc(C=NNc2ccccc2)c1I. The summed E-state index contributed by atoms with van der Waals surface area (Å²) >= 11 is 5.79. The second-order valence-corrected chi connectivity index (χ2v) is 5.31. The average molecular weight is 401 g/mol. The van der Waals surface area contributed by atoms with E-state index < -0.39 is 0 Å². The molecule has 0 aliphatic carbocycles. The smallest absolute Gasteiger partial charge is 0.0561 e. The van der Waals surface area contributed by atoms with Crippen LogP contribution < -0.4 is 5.43 Å². The van der Waals surface area contributed by atoms with E-state index in [0.29, 0.717) is 0 Å². The minimum Gasteiger partial charge on any atom is -0.279 e. The van der Waals surface area contributed by atoms with Crippen LogP contribution >= 0.6 is 38.5 Å². The Bertz CT molecular complexity index is 526. The summed E-state index contributed by atoms with van der Waals surface area (Å²) in [5.74, 6) is 0. The van der Waals surface area contributed by atoms with E-state index >= 15 is 0 Å². The van der Waals surface area contributed by atoms with Gasteiger partial charge in [0.2, 0.25) is 0 Å². The molecule has 0 amide bonds. The first kappa shape index (κ1) is 12.6. The molecule has 0 atom stereocenters. The summed E-state index contributed by atoms with van der Waals surface area (Å²) in [5, 5.41) is 4.21. The monoisotopic (exact) mass is 400 g/mol. The zero-order valence-corrected chi connectivity index (χ0v) is 12.6. The lowest BCUT2D eigenvalue weighted by Gasteiger charge is -2.01. The van der Waals surface area contributed by atoms with Crippen LogP contribution in [0.1, 0.15) is 5.56 Å². The third-order valence-electron chi connectivity index (χ3n) is 2.15. The summed E-state index contributed by atoms with van der Waals surface area (Å²) in [6.45, 7) is 0. The van der Waals surface area contributed by atoms with Gasteiger partial charge in [-0.3, -0.25) is 5.43 Å². The Labute approximate surface area is 122 Å². The fraction of sp³-hybridized carbons (Fsp3) is 0. The van der Waals surface area contributed by atoms with Crippen molar-refractivity contribution in [1.29, 1.82) is 0 Å². The molecule has 0 fully saturated rings. The lowest BCUT2D eigenvalue weighted by molar-refractivity contribution is 1.35. The van der Waals surface area contributed by atoms with Gasteiger partial charge >= 0.3 is 0 Å². The summed E-state index contributed by atoms with van der Waals surface area (Å²) < 4.78 is 2.24. The molecule has 0 saturated heterocycles. The normalized spacial score (nSPS) is 10.7. The van der Waals surface area contributed by atoms with Crippen LogP contribution in [0.2, 0.25) is 0 Å². The first-order valence-electron chi connectivity index (χ1n) is 5.05. The minimum atomic E-state index is 0.980. The molecular weight excluding hydrogens is 391 g/mol. The van der Waals surface area contributed by atoms with Crippen molar-refractivity contribution in [1.82, 2.24) is 0 Å². The molecule has 2 nitrogen and oxygen atoms in total. The van der Waals surface area contributed by atoms with E-state index in [1.165, 1.54) is 0 Å². The summed E-state index contributed by atoms with van der Waals surface area (Å²) in [5.41, 5.74) is 5.06. The molecule has 17 heavy (non-hydrogen) atoms. The first-order valence-corrected chi connectivity index (χ1v) is 6.92. The van der Waals surface area contributed by atoms with Gasteiger partial charge in [-0.25, -0.2) is 0 Å². The maximum atomic E-state index is 4.21. The molecule has 1 N–H and O–H groups in total. The van der Waals surface area contributed by atoms with E-state index in [2.05, 4.69) is 49.0 Å². The molecule has 86 valence electrons. The molecule has 0 aromatic heterocycles. The number of nitrogens with one attached hydrogen (secondary N) is 1. The fourth-order valence-electron chi connectivity index (χ4n) is 1.31. The van der Waals surface area contributed by atoms with Crippen LogP contribution in [-0.4, -0.2) is 6.21 Å². The Morgan fingerprint density at radius 1 is 1.06 bits per heavy atom. The zero-order chi connectivity index (χ0) is 12.1. The number of hydrogen-bond acceptors (Lipinski definition) is 2. The highest BCUT2D eigenvalue weighted by Gasteiger charge is 1.99. The molecule has 0 spiro atoms. The topological polar surface area (TPSA) is 24.4 Å². The maximum Gasteiger partial charge on any atom is 0.0561 e. The van der Waals surface area contributed by atoms with Gasteiger partial charge in [-0.05, 0) is 56.7 Å². The molecule has 2 aromatic carbocycles. The van der Waals surface area contributed by atoms with E-state index in [0.717, 1.165) is 19.3 Å². The second kappa shape index (κ2) is 6.16. The van der Waals surface area contributed by atoms with Crippen LogP contribution in [0.3, 0.4) is 0 Å². The van der Waals surface area contributed by atoms with Gasteiger partial charge in [-0.1, -0.05) is 30.3 Å². The van der Waals surface area contributed by atoms with Crippen molar-refractivity contribution in [3.8, 4) is 0 Å². The predicted molar refractivity (Wildman–Crippen MR) is 84.5 cm³/mol. The number of rotatable bonds is 3. The van der Waals surface area contributed by atoms with Crippen LogP contribution in [0.15, 0.2) is 58.1 Å². The van der Waals surface area contributed by atoms with Crippen molar-refractivity contribution in [3.63, 3.8) is 0 Å². The van der Waals surface area contributed by atoms with E-state index in [9.17, 15) is 0 Å². The second-order valence-electron chi connectivity index (χ2n) is 3.38. The largest absolute Gasteiger partial charge is 0.279 e. The number of nitrogens with zero attached hydrogens (tertiary/aromatic N) is 1. The van der Waals surface area contributed by atoms with Crippen LogP contribution in [0, 0.1) is 3.57 Å². The lowest BCUT2D eigenvalue weighted by Crippen LogP contribution is -1.92. The molecule has 4 heteroatoms. The van der Waals surface area contributed by atoms with Crippen molar-refractivity contribution in [2.24, 2.45) is 5.10 Å². The lowest BCUT2D eigenvalue weighted by atomic mass is 10.2. The van der Waals surface area contributed by atoms with Crippen LogP contribution in [0.25, 0.3) is 0 Å². The third kappa shape index (κ3) is 3.54. The van der Waals surface area contributed by atoms with Crippen molar-refractivity contribution in [2.75, 3.05) is 5.43 Å². The van der Waals surface area contributed by atoms with Crippen molar-refractivity contribution in [2.45, 2.75) is 0 Å². The van der Waals surface area contributed by atoms with Gasteiger partial charge in [0.15, 0.2) is 0 Å². The highest BCUT2D eigenvalue weighted by atomic mass is 127. The fourth-order valence-corrected chi connectivity index (χ4v) is 2.19. The van der Waals surface area contributed by atoms with E-state index in [4.69, 9.17) is 0 Å². The van der Waals surface area contributed by atoms with Crippen LogP contribution in [0.5, 0.6) is 0 Å². The van der Waals surface area contributed by atoms with Crippen molar-refractivity contribution >= 4 is 50.4 Å². The van der Waals surface area contributed by atoms with Crippen molar-refractivity contribution < 1.29 is 0 Å². The molecule has 0 heterocycles. The quantitative estimate of drug-likeness (QED) is 0.458. The maximum absolute atomic E-state index is 4.21. The van der Waals surface area contributed by atoms with Gasteiger partial charge in [0, 0.05) is 13.6 Å². The summed E-state index contributed by atoms with van der Waals surface area (Å²) in [4.78, 5) is 0. The summed E-state index contributed by atoms with van der Waals surface area (Å²) in [7, 11) is 0. The number of anilines is 1. The van der Waals surface area contributed by atoms with E-state index in [1.807, 2.05) is 54.7 Å². The Hall–Kier alpha value is -0.880. The number of hydrazone groups is 1. The minimum absolute atomic E-state index is 0.980. The van der Waals surface area contributed by atoms with Gasteiger partial charge < -0.3 is 0 Å². The number of hydrogen-bond donors (Lipinski definition) is 1. The molecule has 0 aliphatic heterocycles. The Balaban J connectivity index is 2.09. The van der Waals surface area contributed by atoms with Gasteiger partial charge in [-0.15, -0.1) is 0 Å². The Kier molecular flexibility index (Phi) is 4.56. The highest BCUT2D eigenvalue weighted by Crippen LogP contribution is 2.21. The number of benzene rings is 2. The van der Waals surface area contributed by atoms with Gasteiger partial charge in [-0.2, -0.15) is 5.10 Å². The molecule has 2 aromatic rings. The molecule has 0 aliphatic rings. The average Bonchev–Trinajstić information content (AvgIpc) is 2.36. The van der Waals surface area contributed by atoms with Gasteiger partial charge in [0.1, 0.15) is 0 Å². The zero-order valence-electron chi connectivity index (χ0n) is 8.90. The Morgan fingerprint density at radius 3 is 2.59 bits per heavy atom. The van der Waals surface area contributed by atoms with Crippen LogP contribution in [-0.2, 0) is 0 Å². The standard InChI is InChI=1S/C13H10BrIN2/c14-12-8-4-5-10(13(12)15)9-16-17-11-6-2-1-3-7-11/h1-9,17H. The summed E-state index contributed by atoms with van der Waals surface area (Å²) in [6.07, 6.45) is 1.82. The Morgan fingerprint density at radius 2 is 1.82 bits per heavy atom. The van der Waals surface area contributed by atoms with Crippen molar-refractivity contribution in [3.05, 3.63) is 62.1 Å². The number of halogens is 2. The number of para-hydroxylation sites is 1. The molecule has 0 saturated carbocycles. The third-order valence-corrected chi connectivity index (χ3v) is 4.76. The molecular formula is C13H10BrIN2. The molecule has 0 unspecified atom stereocenters. The molecule has 2 rings (SSSR count). The first-order chi connectivity index (χ1) is 8.27. The molecule has 0 radical (unpaired) electrons. The van der Waals surface area contributed by atoms with E-state index in [1.54, 1.807) is 0 Å². The van der Waals surface area contributed by atoms with E-state index in [-0.39, 0.29) is 0 Å².